The minimum atomic E-state index is -1.15. The van der Waals surface area contributed by atoms with Gasteiger partial charge in [-0.15, -0.1) is 13.2 Å². The summed E-state index contributed by atoms with van der Waals surface area (Å²) in [5, 5.41) is 10.5. The number of amides is 3. The van der Waals surface area contributed by atoms with Crippen LogP contribution in [-0.2, 0) is 23.9 Å². The third-order valence-electron chi connectivity index (χ3n) is 9.80. The van der Waals surface area contributed by atoms with Gasteiger partial charge in [0.05, 0.1) is 43.3 Å². The number of likely N-dealkylation sites (N-methyl/N-ethyl adjacent to an activating group) is 1. The third-order valence-corrected chi connectivity index (χ3v) is 9.80. The average Bonchev–Trinajstić information content (AvgIpc) is 3.43. The number of ether oxygens (including phenoxy) is 2. The molecule has 0 radical (unpaired) electrons. The number of likely N-dealkylation sites (tertiary alicyclic amines) is 1. The third kappa shape index (κ3) is 4.91. The number of aliphatic hydroxyl groups excluding tert-OH is 1. The molecule has 0 aromatic rings. The number of hydrogen-bond acceptors (Lipinski definition) is 7. The highest BCUT2D eigenvalue weighted by atomic mass is 16.5. The van der Waals surface area contributed by atoms with Crippen molar-refractivity contribution in [2.24, 2.45) is 23.7 Å². The second-order valence-corrected chi connectivity index (χ2v) is 12.5. The Hall–Kier alpha value is -2.27. The normalized spacial score (nSPS) is 34.2. The van der Waals surface area contributed by atoms with E-state index in [1.165, 1.54) is 0 Å². The number of aliphatic hydroxyl groups is 1. The zero-order chi connectivity index (χ0) is 29.4. The van der Waals surface area contributed by atoms with Crippen LogP contribution in [0.15, 0.2) is 25.3 Å². The molecule has 0 saturated carbocycles. The van der Waals surface area contributed by atoms with Crippen molar-refractivity contribution in [2.45, 2.75) is 57.4 Å². The fourth-order valence-corrected chi connectivity index (χ4v) is 7.54. The first-order valence-corrected chi connectivity index (χ1v) is 14.7. The van der Waals surface area contributed by atoms with E-state index >= 15 is 0 Å². The number of fused-ring (bicyclic) bond motifs is 1. The maximum Gasteiger partial charge on any atom is 0.248 e. The largest absolute Gasteiger partial charge is 0.394 e. The Morgan fingerprint density at radius 3 is 2.40 bits per heavy atom. The SMILES string of the molecule is C=CCN(C)C(=O)[C@@H]1[C@H]2C(=O)N([C@@H](CO)C(C)C)C(C(=O)N(CC=C)CCN3CCOCC3)C23CC(C)[C@@]1(C)O3. The van der Waals surface area contributed by atoms with E-state index in [1.54, 1.807) is 33.9 Å². The Kier molecular flexibility index (Phi) is 9.14. The summed E-state index contributed by atoms with van der Waals surface area (Å²) >= 11 is 0. The highest BCUT2D eigenvalue weighted by Gasteiger charge is 2.80. The molecule has 2 bridgehead atoms. The van der Waals surface area contributed by atoms with Crippen LogP contribution in [0.3, 0.4) is 0 Å². The van der Waals surface area contributed by atoms with Gasteiger partial charge >= 0.3 is 0 Å². The zero-order valence-corrected chi connectivity index (χ0v) is 24.9. The van der Waals surface area contributed by atoms with Crippen LogP contribution in [0.2, 0.25) is 0 Å². The zero-order valence-electron chi connectivity index (χ0n) is 24.9. The van der Waals surface area contributed by atoms with E-state index in [-0.39, 0.29) is 36.2 Å². The molecule has 0 aromatic heterocycles. The molecule has 4 fully saturated rings. The molecule has 3 amide bonds. The second kappa shape index (κ2) is 11.9. The van der Waals surface area contributed by atoms with Gasteiger partial charge in [-0.2, -0.15) is 0 Å². The lowest BCUT2D eigenvalue weighted by Crippen LogP contribution is -2.60. The molecule has 1 N–H and O–H groups in total. The van der Waals surface area contributed by atoms with E-state index < -0.39 is 35.1 Å². The topological polar surface area (TPSA) is 103 Å². The smallest absolute Gasteiger partial charge is 0.248 e. The molecule has 4 aliphatic rings. The van der Waals surface area contributed by atoms with Gasteiger partial charge in [-0.05, 0) is 25.2 Å². The first kappa shape index (κ1) is 30.7. The first-order valence-electron chi connectivity index (χ1n) is 14.7. The van der Waals surface area contributed by atoms with Crippen LogP contribution >= 0.6 is 0 Å². The summed E-state index contributed by atoms with van der Waals surface area (Å²) in [7, 11) is 1.71. The standard InChI is InChI=1S/C30H48N4O6/c1-8-10-31(7)26(36)23-24-27(37)34(22(19-35)20(3)4)25(30(24)18-21(5)29(23,6)40-30)28(38)33(11-9-2)13-12-32-14-16-39-17-15-32/h8-9,20-25,35H,1-2,10-19H2,3-7H3/t21?,22-,23-,24-,25?,29+,30?/m0/s1. The molecule has 3 unspecified atom stereocenters. The van der Waals surface area contributed by atoms with Crippen molar-refractivity contribution >= 4 is 17.7 Å². The highest BCUT2D eigenvalue weighted by Crippen LogP contribution is 2.65. The molecule has 7 atom stereocenters. The molecular weight excluding hydrogens is 512 g/mol. The second-order valence-electron chi connectivity index (χ2n) is 12.5. The molecule has 0 aromatic carbocycles. The monoisotopic (exact) mass is 560 g/mol. The molecule has 0 aliphatic carbocycles. The summed E-state index contributed by atoms with van der Waals surface area (Å²) in [6, 6.07) is -1.53. The van der Waals surface area contributed by atoms with Crippen LogP contribution < -0.4 is 0 Å². The molecule has 224 valence electrons. The van der Waals surface area contributed by atoms with Crippen LogP contribution in [0, 0.1) is 23.7 Å². The minimum Gasteiger partial charge on any atom is -0.394 e. The van der Waals surface area contributed by atoms with Gasteiger partial charge in [-0.1, -0.05) is 32.9 Å². The maximum absolute atomic E-state index is 14.6. The summed E-state index contributed by atoms with van der Waals surface area (Å²) < 4.78 is 12.3. The van der Waals surface area contributed by atoms with Crippen LogP contribution in [0.4, 0.5) is 0 Å². The molecule has 4 saturated heterocycles. The fraction of sp³-hybridized carbons (Fsp3) is 0.767. The van der Waals surface area contributed by atoms with Gasteiger partial charge in [0.15, 0.2) is 0 Å². The van der Waals surface area contributed by atoms with Crippen LogP contribution in [0.25, 0.3) is 0 Å². The van der Waals surface area contributed by atoms with E-state index in [0.717, 1.165) is 13.1 Å². The van der Waals surface area contributed by atoms with Crippen LogP contribution in [0.1, 0.15) is 34.1 Å². The molecule has 10 nitrogen and oxygen atoms in total. The summed E-state index contributed by atoms with van der Waals surface area (Å²) in [4.78, 5) is 50.1. The Balaban J connectivity index is 1.76. The summed E-state index contributed by atoms with van der Waals surface area (Å²) in [5.41, 5.74) is -2.04. The number of rotatable bonds is 12. The summed E-state index contributed by atoms with van der Waals surface area (Å²) in [5.74, 6) is -2.37. The Morgan fingerprint density at radius 1 is 1.18 bits per heavy atom. The predicted molar refractivity (Wildman–Crippen MR) is 151 cm³/mol. The molecule has 40 heavy (non-hydrogen) atoms. The summed E-state index contributed by atoms with van der Waals surface area (Å²) in [6.07, 6.45) is 3.85. The lowest BCUT2D eigenvalue weighted by atomic mass is 9.62. The lowest BCUT2D eigenvalue weighted by Gasteiger charge is -2.41. The van der Waals surface area contributed by atoms with Crippen molar-refractivity contribution in [1.29, 1.82) is 0 Å². The number of morpholine rings is 1. The number of nitrogens with zero attached hydrogens (tertiary/aromatic N) is 4. The van der Waals surface area contributed by atoms with Crippen molar-refractivity contribution in [2.75, 3.05) is 66.1 Å². The van der Waals surface area contributed by atoms with Crippen molar-refractivity contribution in [3.05, 3.63) is 25.3 Å². The Morgan fingerprint density at radius 2 is 1.82 bits per heavy atom. The minimum absolute atomic E-state index is 0.0503. The molecular formula is C30H48N4O6. The van der Waals surface area contributed by atoms with Gasteiger partial charge in [0.2, 0.25) is 17.7 Å². The molecule has 10 heteroatoms. The van der Waals surface area contributed by atoms with Gasteiger partial charge < -0.3 is 29.3 Å². The van der Waals surface area contributed by atoms with Gasteiger partial charge in [0.1, 0.15) is 11.6 Å². The molecule has 4 aliphatic heterocycles. The van der Waals surface area contributed by atoms with E-state index in [0.29, 0.717) is 45.8 Å². The van der Waals surface area contributed by atoms with E-state index in [2.05, 4.69) is 18.1 Å². The number of carbonyl (C=O) groups is 3. The van der Waals surface area contributed by atoms with Crippen molar-refractivity contribution in [1.82, 2.24) is 19.6 Å². The Bertz CT molecular complexity index is 999. The van der Waals surface area contributed by atoms with Crippen molar-refractivity contribution < 1.29 is 29.0 Å². The van der Waals surface area contributed by atoms with E-state index in [4.69, 9.17) is 9.47 Å². The van der Waals surface area contributed by atoms with E-state index in [1.807, 2.05) is 27.7 Å². The maximum atomic E-state index is 14.6. The number of carbonyl (C=O) groups excluding carboxylic acids is 3. The molecule has 4 rings (SSSR count). The van der Waals surface area contributed by atoms with Crippen molar-refractivity contribution in [3.63, 3.8) is 0 Å². The first-order chi connectivity index (χ1) is 19.0. The van der Waals surface area contributed by atoms with Crippen LogP contribution in [0.5, 0.6) is 0 Å². The quantitative estimate of drug-likeness (QED) is 0.356. The Labute approximate surface area is 238 Å². The lowest BCUT2D eigenvalue weighted by molar-refractivity contribution is -0.158. The van der Waals surface area contributed by atoms with E-state index in [9.17, 15) is 19.5 Å². The highest BCUT2D eigenvalue weighted by molar-refractivity contribution is 5.99. The molecule has 4 heterocycles. The molecule has 1 spiro atoms. The van der Waals surface area contributed by atoms with Gasteiger partial charge in [-0.3, -0.25) is 19.3 Å². The average molecular weight is 561 g/mol. The predicted octanol–water partition coefficient (Wildman–Crippen LogP) is 1.01. The van der Waals surface area contributed by atoms with Crippen molar-refractivity contribution in [3.8, 4) is 0 Å². The fourth-order valence-electron chi connectivity index (χ4n) is 7.54. The van der Waals surface area contributed by atoms with Crippen LogP contribution in [-0.4, -0.2) is 132 Å². The van der Waals surface area contributed by atoms with Gasteiger partial charge in [-0.25, -0.2) is 0 Å². The van der Waals surface area contributed by atoms with Gasteiger partial charge in [0.25, 0.3) is 0 Å². The number of hydrogen-bond donors (Lipinski definition) is 1. The summed E-state index contributed by atoms with van der Waals surface area (Å²) in [6.45, 7) is 19.9. The van der Waals surface area contributed by atoms with Gasteiger partial charge in [0, 0.05) is 46.3 Å².